The number of ether oxygens (including phenoxy) is 1. The summed E-state index contributed by atoms with van der Waals surface area (Å²) in [4.78, 5) is 32.2. The van der Waals surface area contributed by atoms with E-state index in [1.54, 1.807) is 7.11 Å². The van der Waals surface area contributed by atoms with E-state index in [0.29, 0.717) is 19.4 Å². The third-order valence-electron chi connectivity index (χ3n) is 5.85. The number of benzene rings is 2. The second-order valence-corrected chi connectivity index (χ2v) is 9.07. The summed E-state index contributed by atoms with van der Waals surface area (Å²) < 4.78 is 7.18. The molecule has 1 heterocycles. The van der Waals surface area contributed by atoms with Gasteiger partial charge in [-0.3, -0.25) is 9.59 Å². The number of aromatic nitrogens is 2. The van der Waals surface area contributed by atoms with Crippen molar-refractivity contribution in [3.8, 4) is 5.75 Å². The van der Waals surface area contributed by atoms with Gasteiger partial charge in [0.05, 0.1) is 24.6 Å². The van der Waals surface area contributed by atoms with Gasteiger partial charge in [-0.05, 0) is 63.9 Å². The minimum absolute atomic E-state index is 0.0154. The number of imidazole rings is 1. The minimum Gasteiger partial charge on any atom is -0.497 e. The topological polar surface area (TPSA) is 76.5 Å². The van der Waals surface area contributed by atoms with Gasteiger partial charge in [0.1, 0.15) is 18.1 Å². The van der Waals surface area contributed by atoms with Crippen LogP contribution >= 0.6 is 0 Å². The average molecular weight is 465 g/mol. The van der Waals surface area contributed by atoms with Gasteiger partial charge in [0.2, 0.25) is 11.8 Å². The second-order valence-electron chi connectivity index (χ2n) is 9.07. The molecule has 0 atom stereocenters. The molecule has 0 saturated heterocycles. The number of para-hydroxylation sites is 2. The first-order valence-electron chi connectivity index (χ1n) is 11.9. The van der Waals surface area contributed by atoms with E-state index in [1.807, 2.05) is 85.7 Å². The normalized spacial score (nSPS) is 11.3. The lowest BCUT2D eigenvalue weighted by Crippen LogP contribution is -2.43. The fraction of sp³-hybridized carbons (Fsp3) is 0.444. The third kappa shape index (κ3) is 6.37. The summed E-state index contributed by atoms with van der Waals surface area (Å²) in [6.07, 6.45) is 1.75. The summed E-state index contributed by atoms with van der Waals surface area (Å²) in [5.41, 5.74) is 2.79. The summed E-state index contributed by atoms with van der Waals surface area (Å²) >= 11 is 0. The van der Waals surface area contributed by atoms with E-state index in [2.05, 4.69) is 5.32 Å². The molecule has 0 aliphatic rings. The summed E-state index contributed by atoms with van der Waals surface area (Å²) in [5, 5.41) is 2.99. The van der Waals surface area contributed by atoms with Crippen LogP contribution in [0.2, 0.25) is 0 Å². The number of carbonyl (C=O) groups excluding carboxylic acids is 2. The molecule has 7 heteroatoms. The maximum absolute atomic E-state index is 13.1. The van der Waals surface area contributed by atoms with Crippen LogP contribution in [0.3, 0.4) is 0 Å². The first kappa shape index (κ1) is 25.3. The smallest absolute Gasteiger partial charge is 0.243 e. The molecule has 2 aromatic carbocycles. The van der Waals surface area contributed by atoms with Crippen LogP contribution in [0.5, 0.6) is 5.75 Å². The standard InChI is InChI=1S/C27H36N4O3/c1-19(2)31(20(3)4)27(33)18-30-24-10-7-6-9-23(24)29-25(30)11-8-16-28-26(32)17-21-12-14-22(34-5)15-13-21/h6-7,9-10,12-15,19-20H,8,11,16-18H2,1-5H3,(H,28,32). The number of amides is 2. The van der Waals surface area contributed by atoms with Gasteiger partial charge in [0, 0.05) is 25.0 Å². The van der Waals surface area contributed by atoms with E-state index >= 15 is 0 Å². The predicted molar refractivity (Wildman–Crippen MR) is 135 cm³/mol. The first-order valence-corrected chi connectivity index (χ1v) is 11.9. The second kappa shape index (κ2) is 11.7. The molecule has 3 aromatic rings. The van der Waals surface area contributed by atoms with Gasteiger partial charge >= 0.3 is 0 Å². The highest BCUT2D eigenvalue weighted by atomic mass is 16.5. The SMILES string of the molecule is COc1ccc(CC(=O)NCCCc2nc3ccccc3n2CC(=O)N(C(C)C)C(C)C)cc1. The highest BCUT2D eigenvalue weighted by Crippen LogP contribution is 2.19. The Morgan fingerprint density at radius 2 is 1.71 bits per heavy atom. The zero-order valence-corrected chi connectivity index (χ0v) is 20.9. The molecule has 0 aliphatic carbocycles. The van der Waals surface area contributed by atoms with Gasteiger partial charge in [-0.1, -0.05) is 24.3 Å². The van der Waals surface area contributed by atoms with Gasteiger partial charge in [-0.2, -0.15) is 0 Å². The largest absolute Gasteiger partial charge is 0.497 e. The maximum atomic E-state index is 13.1. The molecule has 1 N–H and O–H groups in total. The van der Waals surface area contributed by atoms with Crippen molar-refractivity contribution < 1.29 is 14.3 Å². The zero-order chi connectivity index (χ0) is 24.7. The maximum Gasteiger partial charge on any atom is 0.243 e. The fourth-order valence-electron chi connectivity index (χ4n) is 4.35. The van der Waals surface area contributed by atoms with Crippen molar-refractivity contribution in [3.05, 3.63) is 59.9 Å². The quantitative estimate of drug-likeness (QED) is 0.436. The van der Waals surface area contributed by atoms with Crippen LogP contribution in [0.1, 0.15) is 45.5 Å². The highest BCUT2D eigenvalue weighted by molar-refractivity contribution is 5.81. The molecule has 34 heavy (non-hydrogen) atoms. The molecule has 182 valence electrons. The van der Waals surface area contributed by atoms with Crippen molar-refractivity contribution in [2.45, 2.75) is 65.6 Å². The van der Waals surface area contributed by atoms with Crippen LogP contribution < -0.4 is 10.1 Å². The third-order valence-corrected chi connectivity index (χ3v) is 5.85. The number of carbonyl (C=O) groups is 2. The molecular weight excluding hydrogens is 428 g/mol. The molecule has 0 spiro atoms. The van der Waals surface area contributed by atoms with Crippen molar-refractivity contribution in [2.75, 3.05) is 13.7 Å². The van der Waals surface area contributed by atoms with E-state index in [0.717, 1.165) is 34.6 Å². The van der Waals surface area contributed by atoms with Crippen LogP contribution in [0.25, 0.3) is 11.0 Å². The summed E-state index contributed by atoms with van der Waals surface area (Å²) in [6, 6.07) is 15.7. The number of hydrogen-bond donors (Lipinski definition) is 1. The monoisotopic (exact) mass is 464 g/mol. The molecule has 0 radical (unpaired) electrons. The van der Waals surface area contributed by atoms with Crippen LogP contribution in [-0.4, -0.2) is 52.0 Å². The molecular formula is C27H36N4O3. The fourth-order valence-corrected chi connectivity index (χ4v) is 4.35. The summed E-state index contributed by atoms with van der Waals surface area (Å²) in [6.45, 7) is 8.98. The van der Waals surface area contributed by atoms with Gasteiger partial charge < -0.3 is 19.5 Å². The summed E-state index contributed by atoms with van der Waals surface area (Å²) in [7, 11) is 1.62. The van der Waals surface area contributed by atoms with Crippen molar-refractivity contribution in [3.63, 3.8) is 0 Å². The van der Waals surface area contributed by atoms with Crippen molar-refractivity contribution >= 4 is 22.8 Å². The van der Waals surface area contributed by atoms with E-state index in [4.69, 9.17) is 9.72 Å². The van der Waals surface area contributed by atoms with Crippen LogP contribution in [0.4, 0.5) is 0 Å². The lowest BCUT2D eigenvalue weighted by Gasteiger charge is -2.31. The molecule has 0 aliphatic heterocycles. The van der Waals surface area contributed by atoms with Gasteiger partial charge in [-0.25, -0.2) is 4.98 Å². The van der Waals surface area contributed by atoms with Gasteiger partial charge in [0.15, 0.2) is 0 Å². The molecule has 3 rings (SSSR count). The predicted octanol–water partition coefficient (Wildman–Crippen LogP) is 3.98. The van der Waals surface area contributed by atoms with Crippen molar-refractivity contribution in [1.82, 2.24) is 19.8 Å². The van der Waals surface area contributed by atoms with Crippen molar-refractivity contribution in [2.24, 2.45) is 0 Å². The molecule has 0 bridgehead atoms. The Kier molecular flexibility index (Phi) is 8.68. The average Bonchev–Trinajstić information content (AvgIpc) is 3.14. The Labute approximate surface area is 202 Å². The number of aryl methyl sites for hydroxylation is 1. The first-order chi connectivity index (χ1) is 16.3. The van der Waals surface area contributed by atoms with E-state index in [-0.39, 0.29) is 30.4 Å². The molecule has 2 amide bonds. The van der Waals surface area contributed by atoms with E-state index in [1.165, 1.54) is 0 Å². The lowest BCUT2D eigenvalue weighted by atomic mass is 10.1. The Morgan fingerprint density at radius 3 is 2.35 bits per heavy atom. The number of nitrogens with one attached hydrogen (secondary N) is 1. The molecule has 0 fully saturated rings. The van der Waals surface area contributed by atoms with Crippen LogP contribution in [0.15, 0.2) is 48.5 Å². The van der Waals surface area contributed by atoms with E-state index < -0.39 is 0 Å². The number of nitrogens with zero attached hydrogens (tertiary/aromatic N) is 3. The Bertz CT molecular complexity index is 1090. The molecule has 1 aromatic heterocycles. The zero-order valence-electron chi connectivity index (χ0n) is 20.9. The Balaban J connectivity index is 1.62. The number of methoxy groups -OCH3 is 1. The molecule has 0 unspecified atom stereocenters. The molecule has 0 saturated carbocycles. The number of rotatable bonds is 11. The Morgan fingerprint density at radius 1 is 1.03 bits per heavy atom. The highest BCUT2D eigenvalue weighted by Gasteiger charge is 2.22. The van der Waals surface area contributed by atoms with E-state index in [9.17, 15) is 9.59 Å². The van der Waals surface area contributed by atoms with Crippen LogP contribution in [-0.2, 0) is 29.0 Å². The van der Waals surface area contributed by atoms with Gasteiger partial charge in [0.25, 0.3) is 0 Å². The number of fused-ring (bicyclic) bond motifs is 1. The minimum atomic E-state index is -0.0154. The Hall–Kier alpha value is -3.35. The molecule has 7 nitrogen and oxygen atoms in total. The van der Waals surface area contributed by atoms with Crippen LogP contribution in [0, 0.1) is 0 Å². The number of hydrogen-bond acceptors (Lipinski definition) is 4. The van der Waals surface area contributed by atoms with Crippen molar-refractivity contribution in [1.29, 1.82) is 0 Å². The summed E-state index contributed by atoms with van der Waals surface area (Å²) in [5.74, 6) is 1.71. The van der Waals surface area contributed by atoms with Gasteiger partial charge in [-0.15, -0.1) is 0 Å². The lowest BCUT2D eigenvalue weighted by molar-refractivity contribution is -0.135.